The lowest BCUT2D eigenvalue weighted by Gasteiger charge is -2.07. The Balaban J connectivity index is 2.61. The summed E-state index contributed by atoms with van der Waals surface area (Å²) in [4.78, 5) is 0.575. The molecule has 0 aliphatic heterocycles. The molecule has 16 heavy (non-hydrogen) atoms. The minimum atomic E-state index is -0.205. The molecule has 0 fully saturated rings. The summed E-state index contributed by atoms with van der Waals surface area (Å²) < 4.78 is 14.1. The molecule has 0 aliphatic carbocycles. The maximum absolute atomic E-state index is 14.1. The Morgan fingerprint density at radius 1 is 1.12 bits per heavy atom. The van der Waals surface area contributed by atoms with Gasteiger partial charge in [0.2, 0.25) is 0 Å². The van der Waals surface area contributed by atoms with Crippen LogP contribution in [0.25, 0.3) is 11.1 Å². The van der Waals surface area contributed by atoms with Crippen molar-refractivity contribution in [3.63, 3.8) is 0 Å². The van der Waals surface area contributed by atoms with Crippen LogP contribution in [0, 0.1) is 5.82 Å². The fourth-order valence-electron chi connectivity index (χ4n) is 1.54. The van der Waals surface area contributed by atoms with Crippen LogP contribution in [0.3, 0.4) is 0 Å². The van der Waals surface area contributed by atoms with Crippen LogP contribution in [0.1, 0.15) is 0 Å². The van der Waals surface area contributed by atoms with Crippen LogP contribution in [0.4, 0.5) is 4.39 Å². The van der Waals surface area contributed by atoms with Gasteiger partial charge in [-0.1, -0.05) is 41.9 Å². The molecular formula is C13H10ClFS. The molecule has 0 heterocycles. The highest BCUT2D eigenvalue weighted by Gasteiger charge is 2.10. The fourth-order valence-corrected chi connectivity index (χ4v) is 2.36. The maximum Gasteiger partial charge on any atom is 0.144 e. The Labute approximate surface area is 103 Å². The predicted molar refractivity (Wildman–Crippen MR) is 68.6 cm³/mol. The standard InChI is InChI=1S/C13H10ClFS/c1-16-12-8-10(14)7-11(13(12)15)9-5-3-2-4-6-9/h2-8H,1H3. The molecule has 2 rings (SSSR count). The van der Waals surface area contributed by atoms with Crippen molar-refractivity contribution in [2.75, 3.05) is 6.26 Å². The van der Waals surface area contributed by atoms with E-state index in [2.05, 4.69) is 0 Å². The van der Waals surface area contributed by atoms with Crippen molar-refractivity contribution in [3.8, 4) is 11.1 Å². The van der Waals surface area contributed by atoms with E-state index in [9.17, 15) is 4.39 Å². The first-order valence-electron chi connectivity index (χ1n) is 4.81. The van der Waals surface area contributed by atoms with Gasteiger partial charge in [-0.25, -0.2) is 4.39 Å². The smallest absolute Gasteiger partial charge is 0.144 e. The average Bonchev–Trinajstić information content (AvgIpc) is 2.33. The van der Waals surface area contributed by atoms with Crippen molar-refractivity contribution in [1.29, 1.82) is 0 Å². The van der Waals surface area contributed by atoms with Crippen molar-refractivity contribution in [2.24, 2.45) is 0 Å². The van der Waals surface area contributed by atoms with Gasteiger partial charge in [-0.05, 0) is 24.0 Å². The molecule has 2 aromatic carbocycles. The second-order valence-electron chi connectivity index (χ2n) is 3.34. The molecule has 0 nitrogen and oxygen atoms in total. The lowest BCUT2D eigenvalue weighted by molar-refractivity contribution is 0.606. The van der Waals surface area contributed by atoms with Gasteiger partial charge in [-0.2, -0.15) is 0 Å². The molecule has 0 N–H and O–H groups in total. The molecule has 0 atom stereocenters. The van der Waals surface area contributed by atoms with E-state index < -0.39 is 0 Å². The molecule has 0 aromatic heterocycles. The third kappa shape index (κ3) is 2.23. The topological polar surface area (TPSA) is 0 Å². The van der Waals surface area contributed by atoms with Gasteiger partial charge in [0.1, 0.15) is 5.82 Å². The zero-order chi connectivity index (χ0) is 11.5. The molecule has 82 valence electrons. The number of rotatable bonds is 2. The van der Waals surface area contributed by atoms with Crippen LogP contribution in [-0.2, 0) is 0 Å². The summed E-state index contributed by atoms with van der Waals surface area (Å²) in [5.41, 5.74) is 1.40. The van der Waals surface area contributed by atoms with E-state index in [0.717, 1.165) is 5.56 Å². The maximum atomic E-state index is 14.1. The van der Waals surface area contributed by atoms with Crippen LogP contribution in [0.2, 0.25) is 5.02 Å². The largest absolute Gasteiger partial charge is 0.205 e. The first-order chi connectivity index (χ1) is 7.72. The van der Waals surface area contributed by atoms with Gasteiger partial charge < -0.3 is 0 Å². The Kier molecular flexibility index (Phi) is 3.52. The van der Waals surface area contributed by atoms with Crippen LogP contribution in [0.15, 0.2) is 47.4 Å². The molecule has 0 amide bonds. The van der Waals surface area contributed by atoms with Gasteiger partial charge in [0.05, 0.1) is 0 Å². The number of hydrogen-bond donors (Lipinski definition) is 0. The predicted octanol–water partition coefficient (Wildman–Crippen LogP) is 4.87. The molecule has 0 spiro atoms. The van der Waals surface area contributed by atoms with Crippen molar-refractivity contribution in [2.45, 2.75) is 4.90 Å². The van der Waals surface area contributed by atoms with E-state index in [0.29, 0.717) is 15.5 Å². The number of hydrogen-bond acceptors (Lipinski definition) is 1. The van der Waals surface area contributed by atoms with E-state index >= 15 is 0 Å². The lowest BCUT2D eigenvalue weighted by atomic mass is 10.1. The highest BCUT2D eigenvalue weighted by Crippen LogP contribution is 2.32. The highest BCUT2D eigenvalue weighted by molar-refractivity contribution is 7.98. The van der Waals surface area contributed by atoms with Crippen molar-refractivity contribution < 1.29 is 4.39 Å². The minimum Gasteiger partial charge on any atom is -0.205 e. The SMILES string of the molecule is CSc1cc(Cl)cc(-c2ccccc2)c1F. The average molecular weight is 253 g/mol. The first kappa shape index (κ1) is 11.5. The van der Waals surface area contributed by atoms with Gasteiger partial charge in [-0.15, -0.1) is 11.8 Å². The van der Waals surface area contributed by atoms with Gasteiger partial charge in [0.25, 0.3) is 0 Å². The molecule has 0 saturated heterocycles. The van der Waals surface area contributed by atoms with E-state index in [1.807, 2.05) is 36.6 Å². The summed E-state index contributed by atoms with van der Waals surface area (Å²) in [6, 6.07) is 12.7. The Bertz CT molecular complexity index is 497. The van der Waals surface area contributed by atoms with Crippen molar-refractivity contribution >= 4 is 23.4 Å². The molecule has 0 bridgehead atoms. The van der Waals surface area contributed by atoms with Crippen LogP contribution in [0.5, 0.6) is 0 Å². The molecule has 0 saturated carbocycles. The minimum absolute atomic E-state index is 0.205. The number of thioether (sulfide) groups is 1. The second kappa shape index (κ2) is 4.89. The summed E-state index contributed by atoms with van der Waals surface area (Å²) >= 11 is 7.33. The third-order valence-corrected chi connectivity index (χ3v) is 3.26. The van der Waals surface area contributed by atoms with E-state index in [4.69, 9.17) is 11.6 Å². The highest BCUT2D eigenvalue weighted by atomic mass is 35.5. The Morgan fingerprint density at radius 3 is 2.44 bits per heavy atom. The zero-order valence-corrected chi connectivity index (χ0v) is 10.3. The lowest BCUT2D eigenvalue weighted by Crippen LogP contribution is -1.88. The normalized spacial score (nSPS) is 10.4. The van der Waals surface area contributed by atoms with Crippen LogP contribution in [-0.4, -0.2) is 6.26 Å². The van der Waals surface area contributed by atoms with E-state index in [-0.39, 0.29) is 5.82 Å². The van der Waals surface area contributed by atoms with Gasteiger partial charge >= 0.3 is 0 Å². The first-order valence-corrected chi connectivity index (χ1v) is 6.41. The second-order valence-corrected chi connectivity index (χ2v) is 4.62. The van der Waals surface area contributed by atoms with Gasteiger partial charge in [0, 0.05) is 15.5 Å². The van der Waals surface area contributed by atoms with Crippen LogP contribution < -0.4 is 0 Å². The molecule has 0 aliphatic rings. The van der Waals surface area contributed by atoms with Crippen LogP contribution >= 0.6 is 23.4 Å². The van der Waals surface area contributed by atoms with E-state index in [1.54, 1.807) is 12.1 Å². The summed E-state index contributed by atoms with van der Waals surface area (Å²) in [5, 5.41) is 0.560. The molecular weight excluding hydrogens is 243 g/mol. The Morgan fingerprint density at radius 2 is 1.81 bits per heavy atom. The zero-order valence-electron chi connectivity index (χ0n) is 8.71. The summed E-state index contributed by atoms with van der Waals surface area (Å²) in [6.07, 6.45) is 1.84. The summed E-state index contributed by atoms with van der Waals surface area (Å²) in [5.74, 6) is -0.205. The van der Waals surface area contributed by atoms with Crippen molar-refractivity contribution in [3.05, 3.63) is 53.3 Å². The number of halogens is 2. The quantitative estimate of drug-likeness (QED) is 0.688. The Hall–Kier alpha value is -0.990. The molecule has 2 aromatic rings. The monoisotopic (exact) mass is 252 g/mol. The molecule has 0 radical (unpaired) electrons. The molecule has 3 heteroatoms. The van der Waals surface area contributed by atoms with E-state index in [1.165, 1.54) is 11.8 Å². The summed E-state index contributed by atoms with van der Waals surface area (Å²) in [7, 11) is 0. The third-order valence-electron chi connectivity index (χ3n) is 2.31. The number of benzene rings is 2. The summed E-state index contributed by atoms with van der Waals surface area (Å²) in [6.45, 7) is 0. The fraction of sp³-hybridized carbons (Fsp3) is 0.0769. The van der Waals surface area contributed by atoms with Gasteiger partial charge in [-0.3, -0.25) is 0 Å². The van der Waals surface area contributed by atoms with Gasteiger partial charge in [0.15, 0.2) is 0 Å². The molecule has 0 unspecified atom stereocenters. The van der Waals surface area contributed by atoms with Crippen molar-refractivity contribution in [1.82, 2.24) is 0 Å².